The van der Waals surface area contributed by atoms with Crippen molar-refractivity contribution in [3.63, 3.8) is 0 Å². The van der Waals surface area contributed by atoms with E-state index in [4.69, 9.17) is 9.84 Å². The highest BCUT2D eigenvalue weighted by molar-refractivity contribution is 5.70. The van der Waals surface area contributed by atoms with Gasteiger partial charge in [0.15, 0.2) is 0 Å². The summed E-state index contributed by atoms with van der Waals surface area (Å²) in [7, 11) is 1.76. The first kappa shape index (κ1) is 17.8. The van der Waals surface area contributed by atoms with Crippen molar-refractivity contribution in [2.45, 2.75) is 71.9 Å². The second-order valence-electron chi connectivity index (χ2n) is 7.53. The molecule has 1 saturated carbocycles. The molecule has 1 N–H and O–H groups in total. The van der Waals surface area contributed by atoms with Crippen molar-refractivity contribution < 1.29 is 19.4 Å². The van der Waals surface area contributed by atoms with Gasteiger partial charge in [0.2, 0.25) is 0 Å². The van der Waals surface area contributed by atoms with Crippen molar-refractivity contribution in [1.29, 1.82) is 0 Å². The number of carboxylic acid groups (broad SMARTS) is 1. The van der Waals surface area contributed by atoms with Crippen molar-refractivity contribution >= 4 is 12.1 Å². The Balaban J connectivity index is 2.67. The largest absolute Gasteiger partial charge is 0.481 e. The first-order valence-corrected chi connectivity index (χ1v) is 7.65. The summed E-state index contributed by atoms with van der Waals surface area (Å²) in [5.41, 5.74) is -0.565. The quantitative estimate of drug-likeness (QED) is 0.865. The molecule has 0 unspecified atom stereocenters. The van der Waals surface area contributed by atoms with Gasteiger partial charge in [-0.2, -0.15) is 0 Å². The Morgan fingerprint density at radius 2 is 1.76 bits per heavy atom. The second kappa shape index (κ2) is 6.24. The summed E-state index contributed by atoms with van der Waals surface area (Å²) in [4.78, 5) is 24.9. The minimum absolute atomic E-state index is 0.0158. The van der Waals surface area contributed by atoms with Gasteiger partial charge >= 0.3 is 12.1 Å². The maximum absolute atomic E-state index is 12.2. The van der Waals surface area contributed by atoms with Crippen LogP contribution in [-0.2, 0) is 9.53 Å². The van der Waals surface area contributed by atoms with E-state index >= 15 is 0 Å². The van der Waals surface area contributed by atoms with Crippen LogP contribution in [0, 0.1) is 11.3 Å². The van der Waals surface area contributed by atoms with Crippen LogP contribution in [0.15, 0.2) is 0 Å². The monoisotopic (exact) mass is 299 g/mol. The standard InChI is InChI=1S/C16H29NO4/c1-11(17(6)14(20)21-15(2,3)4)16(5)9-7-12(8-10-16)13(18)19/h11-12H,7-10H2,1-6H3,(H,18,19)/t11-,12-,16-/m1/s1. The highest BCUT2D eigenvalue weighted by Crippen LogP contribution is 2.43. The van der Waals surface area contributed by atoms with Gasteiger partial charge in [-0.3, -0.25) is 4.79 Å². The average Bonchev–Trinajstić information content (AvgIpc) is 2.35. The van der Waals surface area contributed by atoms with Gasteiger partial charge in [-0.05, 0) is 58.8 Å². The summed E-state index contributed by atoms with van der Waals surface area (Å²) >= 11 is 0. The van der Waals surface area contributed by atoms with Crippen molar-refractivity contribution in [1.82, 2.24) is 4.90 Å². The van der Waals surface area contributed by atoms with Crippen LogP contribution in [0.1, 0.15) is 60.3 Å². The molecule has 1 aliphatic rings. The van der Waals surface area contributed by atoms with Gasteiger partial charge in [-0.1, -0.05) is 6.92 Å². The number of carbonyl (C=O) groups is 2. The van der Waals surface area contributed by atoms with Crippen molar-refractivity contribution in [3.8, 4) is 0 Å². The van der Waals surface area contributed by atoms with Crippen molar-refractivity contribution in [2.75, 3.05) is 7.05 Å². The topological polar surface area (TPSA) is 66.8 Å². The molecule has 21 heavy (non-hydrogen) atoms. The second-order valence-corrected chi connectivity index (χ2v) is 7.53. The Hall–Kier alpha value is -1.26. The zero-order chi connectivity index (χ0) is 16.4. The molecular formula is C16H29NO4. The fourth-order valence-corrected chi connectivity index (χ4v) is 2.90. The molecule has 0 aromatic rings. The maximum atomic E-state index is 12.2. The van der Waals surface area contributed by atoms with Gasteiger partial charge in [-0.15, -0.1) is 0 Å². The van der Waals surface area contributed by atoms with E-state index in [9.17, 15) is 9.59 Å². The molecule has 1 rings (SSSR count). The lowest BCUT2D eigenvalue weighted by Gasteiger charge is -2.44. The number of nitrogens with zero attached hydrogens (tertiary/aromatic N) is 1. The number of ether oxygens (including phenoxy) is 1. The summed E-state index contributed by atoms with van der Waals surface area (Å²) < 4.78 is 5.41. The highest BCUT2D eigenvalue weighted by Gasteiger charge is 2.41. The van der Waals surface area contributed by atoms with Gasteiger partial charge in [0.1, 0.15) is 5.60 Å². The molecule has 1 fully saturated rings. The minimum Gasteiger partial charge on any atom is -0.481 e. The zero-order valence-corrected chi connectivity index (χ0v) is 14.1. The van der Waals surface area contributed by atoms with E-state index in [0.29, 0.717) is 12.8 Å². The van der Waals surface area contributed by atoms with Crippen molar-refractivity contribution in [2.24, 2.45) is 11.3 Å². The predicted molar refractivity (Wildman–Crippen MR) is 81.2 cm³/mol. The van der Waals surface area contributed by atoms with Crippen LogP contribution < -0.4 is 0 Å². The Labute approximate surface area is 127 Å². The van der Waals surface area contributed by atoms with Crippen LogP contribution in [0.25, 0.3) is 0 Å². The molecule has 0 bridgehead atoms. The van der Waals surface area contributed by atoms with Gasteiger partial charge in [0.05, 0.1) is 5.92 Å². The highest BCUT2D eigenvalue weighted by atomic mass is 16.6. The van der Waals surface area contributed by atoms with Crippen LogP contribution in [0.4, 0.5) is 4.79 Å². The lowest BCUT2D eigenvalue weighted by atomic mass is 9.67. The molecular weight excluding hydrogens is 270 g/mol. The Morgan fingerprint density at radius 3 is 2.14 bits per heavy atom. The molecule has 0 aromatic heterocycles. The maximum Gasteiger partial charge on any atom is 0.410 e. The van der Waals surface area contributed by atoms with Crippen LogP contribution in [0.5, 0.6) is 0 Å². The normalized spacial score (nSPS) is 27.8. The molecule has 0 spiro atoms. The number of hydrogen-bond acceptors (Lipinski definition) is 3. The molecule has 0 aromatic carbocycles. The number of carbonyl (C=O) groups excluding carboxylic acids is 1. The zero-order valence-electron chi connectivity index (χ0n) is 14.1. The van der Waals surface area contributed by atoms with E-state index in [-0.39, 0.29) is 23.5 Å². The predicted octanol–water partition coefficient (Wildman–Crippen LogP) is 3.52. The third-order valence-electron chi connectivity index (χ3n) is 4.75. The SMILES string of the molecule is C[C@@H](N(C)C(=O)OC(C)(C)C)[C@]1(C)CC[C@@H](C(=O)O)CC1. The molecule has 1 aliphatic carbocycles. The summed E-state index contributed by atoms with van der Waals surface area (Å²) in [6.07, 6.45) is 2.67. The van der Waals surface area contributed by atoms with Gasteiger partial charge in [0.25, 0.3) is 0 Å². The Morgan fingerprint density at radius 1 is 1.29 bits per heavy atom. The molecule has 0 saturated heterocycles. The van der Waals surface area contributed by atoms with Crippen LogP contribution in [0.2, 0.25) is 0 Å². The lowest BCUT2D eigenvalue weighted by Crippen LogP contribution is -2.48. The number of rotatable bonds is 3. The fourth-order valence-electron chi connectivity index (χ4n) is 2.90. The number of amides is 1. The Kier molecular flexibility index (Phi) is 5.29. The minimum atomic E-state index is -0.704. The van der Waals surface area contributed by atoms with Gasteiger partial charge in [-0.25, -0.2) is 4.79 Å². The van der Waals surface area contributed by atoms with E-state index in [1.54, 1.807) is 11.9 Å². The van der Waals surface area contributed by atoms with Crippen LogP contribution in [-0.4, -0.2) is 40.8 Å². The number of carboxylic acids is 1. The molecule has 5 heteroatoms. The molecule has 1 atom stereocenters. The molecule has 0 heterocycles. The lowest BCUT2D eigenvalue weighted by molar-refractivity contribution is -0.144. The third kappa shape index (κ3) is 4.61. The van der Waals surface area contributed by atoms with Crippen molar-refractivity contribution in [3.05, 3.63) is 0 Å². The first-order chi connectivity index (χ1) is 9.46. The van der Waals surface area contributed by atoms with E-state index < -0.39 is 11.6 Å². The summed E-state index contributed by atoms with van der Waals surface area (Å²) in [5.74, 6) is -0.942. The van der Waals surface area contributed by atoms with Crippen LogP contribution in [0.3, 0.4) is 0 Å². The van der Waals surface area contributed by atoms with E-state index in [1.165, 1.54) is 0 Å². The molecule has 5 nitrogen and oxygen atoms in total. The third-order valence-corrected chi connectivity index (χ3v) is 4.75. The number of aliphatic carboxylic acids is 1. The van der Waals surface area contributed by atoms with Crippen LogP contribution >= 0.6 is 0 Å². The fraction of sp³-hybridized carbons (Fsp3) is 0.875. The summed E-state index contributed by atoms with van der Waals surface area (Å²) in [5, 5.41) is 9.09. The molecule has 0 aliphatic heterocycles. The average molecular weight is 299 g/mol. The van der Waals surface area contributed by atoms with Gasteiger partial charge < -0.3 is 14.7 Å². The van der Waals surface area contributed by atoms with E-state index in [2.05, 4.69) is 6.92 Å². The Bertz CT molecular complexity index is 392. The molecule has 122 valence electrons. The molecule has 1 amide bonds. The van der Waals surface area contributed by atoms with E-state index in [0.717, 1.165) is 12.8 Å². The summed E-state index contributed by atoms with van der Waals surface area (Å²) in [6, 6.07) is 0.0158. The van der Waals surface area contributed by atoms with Gasteiger partial charge in [0, 0.05) is 13.1 Å². The molecule has 0 radical (unpaired) electrons. The smallest absolute Gasteiger partial charge is 0.410 e. The summed E-state index contributed by atoms with van der Waals surface area (Å²) in [6.45, 7) is 9.71. The first-order valence-electron chi connectivity index (χ1n) is 7.65. The van der Waals surface area contributed by atoms with E-state index in [1.807, 2.05) is 27.7 Å². The number of hydrogen-bond donors (Lipinski definition) is 1.